The van der Waals surface area contributed by atoms with Crippen molar-refractivity contribution in [3.8, 4) is 0 Å². The van der Waals surface area contributed by atoms with E-state index in [0.717, 1.165) is 11.1 Å². The largest absolute Gasteiger partial charge is 0.459 e. The molecule has 0 bridgehead atoms. The van der Waals surface area contributed by atoms with Crippen LogP contribution in [0.1, 0.15) is 11.1 Å². The van der Waals surface area contributed by atoms with E-state index in [2.05, 4.69) is 0 Å². The molecule has 8 nitrogen and oxygen atoms in total. The van der Waals surface area contributed by atoms with Crippen LogP contribution < -0.4 is 5.73 Å². The second kappa shape index (κ2) is 15.0. The van der Waals surface area contributed by atoms with Gasteiger partial charge in [-0.15, -0.1) is 0 Å². The Kier molecular flexibility index (Phi) is 11.7. The van der Waals surface area contributed by atoms with Gasteiger partial charge in [0.2, 0.25) is 0 Å². The Morgan fingerprint density at radius 2 is 1.29 bits per heavy atom. The molecule has 2 rings (SSSR count). The minimum absolute atomic E-state index is 0.114. The molecule has 2 aromatic rings. The third-order valence-electron chi connectivity index (χ3n) is 4.17. The van der Waals surface area contributed by atoms with Gasteiger partial charge in [-0.3, -0.25) is 9.69 Å². The fourth-order valence-corrected chi connectivity index (χ4v) is 2.57. The van der Waals surface area contributed by atoms with E-state index >= 15 is 0 Å². The van der Waals surface area contributed by atoms with Gasteiger partial charge in [-0.25, -0.2) is 4.79 Å². The van der Waals surface area contributed by atoms with Gasteiger partial charge in [-0.2, -0.15) is 0 Å². The lowest BCUT2D eigenvalue weighted by Gasteiger charge is -2.21. The highest BCUT2D eigenvalue weighted by molar-refractivity contribution is 5.78. The first-order chi connectivity index (χ1) is 15.2. The molecule has 0 aliphatic heterocycles. The second-order valence-corrected chi connectivity index (χ2v) is 6.62. The number of hydrogen-bond donors (Lipinski definition) is 1. The maximum atomic E-state index is 12.5. The molecule has 0 saturated heterocycles. The lowest BCUT2D eigenvalue weighted by molar-refractivity contribution is -0.146. The highest BCUT2D eigenvalue weighted by atomic mass is 16.6. The number of carbonyl (C=O) groups is 2. The van der Waals surface area contributed by atoms with Crippen molar-refractivity contribution < 1.29 is 28.5 Å². The number of benzene rings is 2. The van der Waals surface area contributed by atoms with Gasteiger partial charge in [0.05, 0.1) is 26.4 Å². The van der Waals surface area contributed by atoms with Crippen molar-refractivity contribution >= 4 is 12.1 Å². The van der Waals surface area contributed by atoms with E-state index in [-0.39, 0.29) is 32.9 Å². The predicted molar refractivity (Wildman–Crippen MR) is 115 cm³/mol. The average molecular weight is 431 g/mol. The first-order valence-electron chi connectivity index (χ1n) is 10.2. The molecule has 0 heterocycles. The van der Waals surface area contributed by atoms with Gasteiger partial charge in [0.25, 0.3) is 0 Å². The first-order valence-corrected chi connectivity index (χ1v) is 10.2. The summed E-state index contributed by atoms with van der Waals surface area (Å²) in [7, 11) is 0. The van der Waals surface area contributed by atoms with Crippen molar-refractivity contribution in [1.29, 1.82) is 0 Å². The minimum Gasteiger partial charge on any atom is -0.459 e. The smallest absolute Gasteiger partial charge is 0.410 e. The van der Waals surface area contributed by atoms with E-state index in [9.17, 15) is 9.59 Å². The third-order valence-corrected chi connectivity index (χ3v) is 4.17. The van der Waals surface area contributed by atoms with Crippen molar-refractivity contribution in [3.05, 3.63) is 71.8 Å². The second-order valence-electron chi connectivity index (χ2n) is 6.62. The van der Waals surface area contributed by atoms with E-state index in [1.54, 1.807) is 0 Å². The Morgan fingerprint density at radius 3 is 1.87 bits per heavy atom. The monoisotopic (exact) mass is 430 g/mol. The SMILES string of the molecule is NCCOCCOCCN(CC(=O)OCc1ccccc1)C(=O)OCc1ccccc1. The normalized spacial score (nSPS) is 10.5. The molecule has 168 valence electrons. The highest BCUT2D eigenvalue weighted by Gasteiger charge is 2.19. The number of amides is 1. The lowest BCUT2D eigenvalue weighted by atomic mass is 10.2. The minimum atomic E-state index is -0.608. The molecule has 2 aromatic carbocycles. The summed E-state index contributed by atoms with van der Waals surface area (Å²) in [6.45, 7) is 2.14. The Hall–Kier alpha value is -2.94. The summed E-state index contributed by atoms with van der Waals surface area (Å²) in [6, 6.07) is 18.7. The molecule has 0 aromatic heterocycles. The predicted octanol–water partition coefficient (Wildman–Crippen LogP) is 2.36. The number of nitrogens with two attached hydrogens (primary N) is 1. The summed E-state index contributed by atoms with van der Waals surface area (Å²) >= 11 is 0. The number of esters is 1. The Bertz CT molecular complexity index is 757. The quantitative estimate of drug-likeness (QED) is 0.363. The zero-order chi connectivity index (χ0) is 22.2. The van der Waals surface area contributed by atoms with Gasteiger partial charge < -0.3 is 24.7 Å². The van der Waals surface area contributed by atoms with Gasteiger partial charge in [0.1, 0.15) is 19.8 Å². The van der Waals surface area contributed by atoms with Crippen LogP contribution in [0.25, 0.3) is 0 Å². The van der Waals surface area contributed by atoms with Crippen molar-refractivity contribution in [3.63, 3.8) is 0 Å². The number of rotatable bonds is 14. The lowest BCUT2D eigenvalue weighted by Crippen LogP contribution is -2.39. The number of nitrogens with zero attached hydrogens (tertiary/aromatic N) is 1. The zero-order valence-corrected chi connectivity index (χ0v) is 17.6. The average Bonchev–Trinajstić information content (AvgIpc) is 2.81. The molecular weight excluding hydrogens is 400 g/mol. The van der Waals surface area contributed by atoms with Crippen LogP contribution in [0, 0.1) is 0 Å². The fourth-order valence-electron chi connectivity index (χ4n) is 2.57. The molecule has 0 aliphatic rings. The summed E-state index contributed by atoms with van der Waals surface area (Å²) in [5, 5.41) is 0. The summed E-state index contributed by atoms with van der Waals surface area (Å²) in [5.74, 6) is -0.521. The molecule has 8 heteroatoms. The van der Waals surface area contributed by atoms with E-state index in [4.69, 9.17) is 24.7 Å². The maximum Gasteiger partial charge on any atom is 0.410 e. The van der Waals surface area contributed by atoms with Gasteiger partial charge in [0.15, 0.2) is 0 Å². The van der Waals surface area contributed by atoms with Gasteiger partial charge in [-0.05, 0) is 11.1 Å². The standard InChI is InChI=1S/C23H30N2O6/c24-11-13-28-15-16-29-14-12-25(23(27)31-19-21-9-5-2-6-10-21)17-22(26)30-18-20-7-3-1-4-8-20/h1-10H,11-19,24H2. The first kappa shape index (κ1) is 24.3. The van der Waals surface area contributed by atoms with Crippen LogP contribution in [-0.4, -0.2) is 63.0 Å². The van der Waals surface area contributed by atoms with Crippen molar-refractivity contribution in [1.82, 2.24) is 4.90 Å². The van der Waals surface area contributed by atoms with E-state index in [0.29, 0.717) is 26.4 Å². The van der Waals surface area contributed by atoms with E-state index < -0.39 is 12.1 Å². The molecule has 0 unspecified atom stereocenters. The summed E-state index contributed by atoms with van der Waals surface area (Å²) < 4.78 is 21.3. The highest BCUT2D eigenvalue weighted by Crippen LogP contribution is 2.05. The molecule has 2 N–H and O–H groups in total. The van der Waals surface area contributed by atoms with Crippen molar-refractivity contribution in [2.45, 2.75) is 13.2 Å². The van der Waals surface area contributed by atoms with Crippen molar-refractivity contribution in [2.24, 2.45) is 5.73 Å². The van der Waals surface area contributed by atoms with Gasteiger partial charge >= 0.3 is 12.1 Å². The topological polar surface area (TPSA) is 100 Å². The fraction of sp³-hybridized carbons (Fsp3) is 0.391. The maximum absolute atomic E-state index is 12.5. The van der Waals surface area contributed by atoms with E-state index in [1.807, 2.05) is 60.7 Å². The van der Waals surface area contributed by atoms with Crippen LogP contribution in [0.3, 0.4) is 0 Å². The third kappa shape index (κ3) is 10.6. The molecule has 0 spiro atoms. The Morgan fingerprint density at radius 1 is 0.742 bits per heavy atom. The number of carbonyl (C=O) groups excluding carboxylic acids is 2. The van der Waals surface area contributed by atoms with E-state index in [1.165, 1.54) is 4.90 Å². The molecule has 31 heavy (non-hydrogen) atoms. The molecule has 0 radical (unpaired) electrons. The molecule has 0 atom stereocenters. The van der Waals surface area contributed by atoms with Crippen LogP contribution in [-0.2, 0) is 37.0 Å². The molecule has 1 amide bonds. The molecule has 0 aliphatic carbocycles. The van der Waals surface area contributed by atoms with Crippen LogP contribution in [0.4, 0.5) is 4.79 Å². The van der Waals surface area contributed by atoms with Crippen LogP contribution in [0.15, 0.2) is 60.7 Å². The number of ether oxygens (including phenoxy) is 4. The van der Waals surface area contributed by atoms with Crippen LogP contribution >= 0.6 is 0 Å². The van der Waals surface area contributed by atoms with Crippen molar-refractivity contribution in [2.75, 3.05) is 46.1 Å². The van der Waals surface area contributed by atoms with Crippen LogP contribution in [0.2, 0.25) is 0 Å². The molecule has 0 fully saturated rings. The zero-order valence-electron chi connectivity index (χ0n) is 17.6. The van der Waals surface area contributed by atoms with Gasteiger partial charge in [-0.1, -0.05) is 60.7 Å². The Balaban J connectivity index is 1.81. The molecular formula is C23H30N2O6. The number of hydrogen-bond acceptors (Lipinski definition) is 7. The van der Waals surface area contributed by atoms with Crippen LogP contribution in [0.5, 0.6) is 0 Å². The summed E-state index contributed by atoms with van der Waals surface area (Å²) in [4.78, 5) is 26.1. The summed E-state index contributed by atoms with van der Waals surface area (Å²) in [6.07, 6.45) is -0.608. The summed E-state index contributed by atoms with van der Waals surface area (Å²) in [5.41, 5.74) is 7.08. The Labute approximate surface area is 182 Å². The molecule has 0 saturated carbocycles. The van der Waals surface area contributed by atoms with Gasteiger partial charge in [0, 0.05) is 13.1 Å².